The highest BCUT2D eigenvalue weighted by Gasteiger charge is 2.13. The molecular weight excluding hydrogens is 412 g/mol. The van der Waals surface area contributed by atoms with Crippen LogP contribution < -0.4 is 15.4 Å². The van der Waals surface area contributed by atoms with Gasteiger partial charge in [0.2, 0.25) is 0 Å². The SMILES string of the molecule is Cc1ccc(NC(=O)c2ccco2)c(NC(=O)COc2ccc(Br)cc2)c1. The Kier molecular flexibility index (Phi) is 5.93. The molecule has 0 radical (unpaired) electrons. The maximum absolute atomic E-state index is 12.3. The quantitative estimate of drug-likeness (QED) is 0.599. The first kappa shape index (κ1) is 18.7. The highest BCUT2D eigenvalue weighted by atomic mass is 79.9. The Morgan fingerprint density at radius 3 is 2.52 bits per heavy atom. The number of anilines is 2. The van der Waals surface area contributed by atoms with E-state index in [2.05, 4.69) is 26.6 Å². The lowest BCUT2D eigenvalue weighted by molar-refractivity contribution is -0.118. The van der Waals surface area contributed by atoms with Gasteiger partial charge >= 0.3 is 0 Å². The molecule has 0 saturated carbocycles. The van der Waals surface area contributed by atoms with Crippen molar-refractivity contribution in [2.24, 2.45) is 0 Å². The molecule has 3 rings (SSSR count). The molecule has 138 valence electrons. The first-order valence-electron chi connectivity index (χ1n) is 8.15. The average molecular weight is 429 g/mol. The van der Waals surface area contributed by atoms with Crippen LogP contribution in [0, 0.1) is 6.92 Å². The number of halogens is 1. The molecule has 6 nitrogen and oxygen atoms in total. The second kappa shape index (κ2) is 8.55. The number of hydrogen-bond acceptors (Lipinski definition) is 4. The summed E-state index contributed by atoms with van der Waals surface area (Å²) >= 11 is 3.34. The molecule has 0 saturated heterocycles. The number of aryl methyl sites for hydroxylation is 1. The number of carbonyl (C=O) groups excluding carboxylic acids is 2. The summed E-state index contributed by atoms with van der Waals surface area (Å²) in [6, 6.07) is 15.7. The van der Waals surface area contributed by atoms with E-state index in [4.69, 9.17) is 9.15 Å². The van der Waals surface area contributed by atoms with Crippen LogP contribution in [0.2, 0.25) is 0 Å². The summed E-state index contributed by atoms with van der Waals surface area (Å²) in [6.07, 6.45) is 1.42. The Bertz CT molecular complexity index is 937. The minimum atomic E-state index is -0.398. The maximum Gasteiger partial charge on any atom is 0.291 e. The lowest BCUT2D eigenvalue weighted by Gasteiger charge is -2.13. The van der Waals surface area contributed by atoms with E-state index in [1.165, 1.54) is 6.26 Å². The third kappa shape index (κ3) is 5.21. The molecule has 1 heterocycles. The van der Waals surface area contributed by atoms with E-state index >= 15 is 0 Å². The summed E-state index contributed by atoms with van der Waals surface area (Å²) in [5, 5.41) is 5.50. The molecule has 0 spiro atoms. The van der Waals surface area contributed by atoms with Gasteiger partial charge in [0.25, 0.3) is 11.8 Å². The van der Waals surface area contributed by atoms with Crippen LogP contribution in [-0.2, 0) is 4.79 Å². The number of furan rings is 1. The molecule has 2 amide bonds. The number of rotatable bonds is 6. The normalized spacial score (nSPS) is 10.3. The molecule has 2 aromatic carbocycles. The van der Waals surface area contributed by atoms with E-state index in [0.717, 1.165) is 10.0 Å². The van der Waals surface area contributed by atoms with Crippen molar-refractivity contribution >= 4 is 39.1 Å². The van der Waals surface area contributed by atoms with Crippen molar-refractivity contribution in [2.45, 2.75) is 6.92 Å². The molecule has 0 aliphatic carbocycles. The first-order valence-corrected chi connectivity index (χ1v) is 8.94. The van der Waals surface area contributed by atoms with Gasteiger partial charge in [-0.25, -0.2) is 0 Å². The molecule has 0 fully saturated rings. The minimum Gasteiger partial charge on any atom is -0.484 e. The van der Waals surface area contributed by atoms with E-state index < -0.39 is 5.91 Å². The van der Waals surface area contributed by atoms with Crippen LogP contribution >= 0.6 is 15.9 Å². The minimum absolute atomic E-state index is 0.152. The smallest absolute Gasteiger partial charge is 0.291 e. The summed E-state index contributed by atoms with van der Waals surface area (Å²) in [5.74, 6) is 0.0397. The van der Waals surface area contributed by atoms with E-state index in [1.54, 1.807) is 36.4 Å². The van der Waals surface area contributed by atoms with Gasteiger partial charge in [0.15, 0.2) is 12.4 Å². The molecule has 0 atom stereocenters. The third-order valence-electron chi connectivity index (χ3n) is 3.63. The van der Waals surface area contributed by atoms with Crippen LogP contribution in [0.5, 0.6) is 5.75 Å². The van der Waals surface area contributed by atoms with Crippen molar-refractivity contribution in [3.05, 3.63) is 76.7 Å². The molecule has 0 aliphatic rings. The Labute approximate surface area is 164 Å². The van der Waals surface area contributed by atoms with E-state index in [0.29, 0.717) is 17.1 Å². The van der Waals surface area contributed by atoms with Crippen molar-refractivity contribution in [1.29, 1.82) is 0 Å². The van der Waals surface area contributed by atoms with Crippen molar-refractivity contribution < 1.29 is 18.7 Å². The highest BCUT2D eigenvalue weighted by molar-refractivity contribution is 9.10. The maximum atomic E-state index is 12.3. The van der Waals surface area contributed by atoms with Gasteiger partial charge < -0.3 is 19.8 Å². The van der Waals surface area contributed by atoms with E-state index in [-0.39, 0.29) is 18.3 Å². The van der Waals surface area contributed by atoms with Gasteiger partial charge in [-0.1, -0.05) is 22.0 Å². The number of amides is 2. The summed E-state index contributed by atoms with van der Waals surface area (Å²) < 4.78 is 11.5. The molecular formula is C20H17BrN2O4. The van der Waals surface area contributed by atoms with Gasteiger partial charge in [0, 0.05) is 4.47 Å². The number of nitrogens with one attached hydrogen (secondary N) is 2. The monoisotopic (exact) mass is 428 g/mol. The van der Waals surface area contributed by atoms with Crippen molar-refractivity contribution in [1.82, 2.24) is 0 Å². The van der Waals surface area contributed by atoms with Gasteiger partial charge in [0.1, 0.15) is 5.75 Å². The zero-order valence-electron chi connectivity index (χ0n) is 14.5. The molecule has 2 N–H and O–H groups in total. The number of ether oxygens (including phenoxy) is 1. The van der Waals surface area contributed by atoms with Gasteiger partial charge in [-0.3, -0.25) is 9.59 Å². The number of benzene rings is 2. The lowest BCUT2D eigenvalue weighted by atomic mass is 10.2. The van der Waals surface area contributed by atoms with Gasteiger partial charge in [-0.2, -0.15) is 0 Å². The van der Waals surface area contributed by atoms with Crippen molar-refractivity contribution in [2.75, 3.05) is 17.2 Å². The van der Waals surface area contributed by atoms with Crippen LogP contribution in [0.1, 0.15) is 16.1 Å². The van der Waals surface area contributed by atoms with Gasteiger partial charge in [0.05, 0.1) is 17.6 Å². The molecule has 7 heteroatoms. The second-order valence-corrected chi connectivity index (χ2v) is 6.69. The molecule has 0 unspecified atom stereocenters. The fraction of sp³-hybridized carbons (Fsp3) is 0.100. The molecule has 27 heavy (non-hydrogen) atoms. The average Bonchev–Trinajstić information content (AvgIpc) is 3.18. The summed E-state index contributed by atoms with van der Waals surface area (Å²) in [6.45, 7) is 1.74. The van der Waals surface area contributed by atoms with Crippen LogP contribution in [-0.4, -0.2) is 18.4 Å². The summed E-state index contributed by atoms with van der Waals surface area (Å²) in [5.41, 5.74) is 1.90. The van der Waals surface area contributed by atoms with Gasteiger partial charge in [-0.05, 0) is 61.0 Å². The topological polar surface area (TPSA) is 80.6 Å². The Morgan fingerprint density at radius 1 is 1.04 bits per heavy atom. The Morgan fingerprint density at radius 2 is 1.81 bits per heavy atom. The predicted molar refractivity (Wildman–Crippen MR) is 106 cm³/mol. The molecule has 3 aromatic rings. The van der Waals surface area contributed by atoms with Crippen molar-refractivity contribution in [3.8, 4) is 5.75 Å². The first-order chi connectivity index (χ1) is 13.0. The van der Waals surface area contributed by atoms with Crippen LogP contribution in [0.3, 0.4) is 0 Å². The third-order valence-corrected chi connectivity index (χ3v) is 4.15. The summed E-state index contributed by atoms with van der Waals surface area (Å²) in [7, 11) is 0. The summed E-state index contributed by atoms with van der Waals surface area (Å²) in [4.78, 5) is 24.4. The second-order valence-electron chi connectivity index (χ2n) is 5.77. The Balaban J connectivity index is 1.66. The highest BCUT2D eigenvalue weighted by Crippen LogP contribution is 2.24. The van der Waals surface area contributed by atoms with Crippen LogP contribution in [0.4, 0.5) is 11.4 Å². The predicted octanol–water partition coefficient (Wildman–Crippen LogP) is 4.62. The zero-order valence-corrected chi connectivity index (χ0v) is 16.1. The molecule has 0 bridgehead atoms. The largest absolute Gasteiger partial charge is 0.484 e. The van der Waals surface area contributed by atoms with Gasteiger partial charge in [-0.15, -0.1) is 0 Å². The molecule has 0 aliphatic heterocycles. The van der Waals surface area contributed by atoms with Crippen LogP contribution in [0.15, 0.2) is 69.8 Å². The standard InChI is InChI=1S/C20H17BrN2O4/c1-13-4-9-16(23-20(25)18-3-2-10-26-18)17(11-13)22-19(24)12-27-15-7-5-14(21)6-8-15/h2-11H,12H2,1H3,(H,22,24)(H,23,25). The number of hydrogen-bond donors (Lipinski definition) is 2. The van der Waals surface area contributed by atoms with E-state index in [9.17, 15) is 9.59 Å². The fourth-order valence-corrected chi connectivity index (χ4v) is 2.59. The molecule has 1 aromatic heterocycles. The van der Waals surface area contributed by atoms with Crippen LogP contribution in [0.25, 0.3) is 0 Å². The van der Waals surface area contributed by atoms with Crippen molar-refractivity contribution in [3.63, 3.8) is 0 Å². The zero-order chi connectivity index (χ0) is 19.2. The Hall–Kier alpha value is -3.06. The lowest BCUT2D eigenvalue weighted by Crippen LogP contribution is -2.21. The number of carbonyl (C=O) groups is 2. The van der Waals surface area contributed by atoms with E-state index in [1.807, 2.05) is 25.1 Å². The fourth-order valence-electron chi connectivity index (χ4n) is 2.33.